The molecule has 2 heterocycles. The molecule has 2 aromatic heterocycles. The maximum Gasteiger partial charge on any atom is 0.270 e. The molecular formula is C18H23N5O3. The molecule has 0 radical (unpaired) electrons. The van der Waals surface area contributed by atoms with Crippen LogP contribution in [0.25, 0.3) is 10.9 Å². The van der Waals surface area contributed by atoms with Crippen molar-refractivity contribution >= 4 is 16.8 Å². The van der Waals surface area contributed by atoms with Crippen LogP contribution in [0.15, 0.2) is 30.5 Å². The van der Waals surface area contributed by atoms with E-state index in [-0.39, 0.29) is 12.5 Å². The van der Waals surface area contributed by atoms with Crippen molar-refractivity contribution in [1.82, 2.24) is 24.9 Å². The van der Waals surface area contributed by atoms with Crippen molar-refractivity contribution in [3.8, 4) is 5.75 Å². The summed E-state index contributed by atoms with van der Waals surface area (Å²) in [7, 11) is 3.57. The van der Waals surface area contributed by atoms with Gasteiger partial charge in [0.05, 0.1) is 23.4 Å². The second-order valence-corrected chi connectivity index (χ2v) is 6.88. The van der Waals surface area contributed by atoms with Crippen LogP contribution in [0.3, 0.4) is 0 Å². The molecule has 0 fully saturated rings. The van der Waals surface area contributed by atoms with Crippen molar-refractivity contribution in [3.63, 3.8) is 0 Å². The Morgan fingerprint density at radius 1 is 1.27 bits per heavy atom. The largest absolute Gasteiger partial charge is 0.487 e. The second kappa shape index (κ2) is 6.80. The number of amides is 1. The Morgan fingerprint density at radius 3 is 2.69 bits per heavy atom. The average molecular weight is 357 g/mol. The van der Waals surface area contributed by atoms with Crippen molar-refractivity contribution in [1.29, 1.82) is 0 Å². The van der Waals surface area contributed by atoms with Gasteiger partial charge in [0.2, 0.25) is 0 Å². The molecule has 0 saturated heterocycles. The minimum absolute atomic E-state index is 0.159. The maximum absolute atomic E-state index is 12.7. The molecule has 8 heteroatoms. The first kappa shape index (κ1) is 17.9. The number of benzene rings is 1. The van der Waals surface area contributed by atoms with Gasteiger partial charge >= 0.3 is 0 Å². The predicted octanol–water partition coefficient (Wildman–Crippen LogP) is 1.39. The van der Waals surface area contributed by atoms with E-state index in [1.807, 2.05) is 25.2 Å². The van der Waals surface area contributed by atoms with Gasteiger partial charge in [-0.3, -0.25) is 14.2 Å². The Kier molecular flexibility index (Phi) is 4.69. The number of aryl methyl sites for hydroxylation is 2. The van der Waals surface area contributed by atoms with Crippen LogP contribution in [0.4, 0.5) is 0 Å². The monoisotopic (exact) mass is 357 g/mol. The van der Waals surface area contributed by atoms with Gasteiger partial charge in [0.1, 0.15) is 18.1 Å². The number of fused-ring (bicyclic) bond motifs is 1. The van der Waals surface area contributed by atoms with E-state index in [4.69, 9.17) is 4.74 Å². The van der Waals surface area contributed by atoms with E-state index in [0.29, 0.717) is 29.0 Å². The lowest BCUT2D eigenvalue weighted by Crippen LogP contribution is -2.46. The molecule has 0 aliphatic heterocycles. The summed E-state index contributed by atoms with van der Waals surface area (Å²) >= 11 is 0. The lowest BCUT2D eigenvalue weighted by Gasteiger charge is -2.23. The fourth-order valence-electron chi connectivity index (χ4n) is 2.64. The maximum atomic E-state index is 12.7. The van der Waals surface area contributed by atoms with Crippen molar-refractivity contribution in [2.75, 3.05) is 6.61 Å². The Hall–Kier alpha value is -2.87. The highest BCUT2D eigenvalue weighted by atomic mass is 16.5. The summed E-state index contributed by atoms with van der Waals surface area (Å²) in [4.78, 5) is 12.7. The number of nitrogens with one attached hydrogen (secondary N) is 1. The normalized spacial score (nSPS) is 11.7. The summed E-state index contributed by atoms with van der Waals surface area (Å²) in [5.41, 5.74) is 1.35. The van der Waals surface area contributed by atoms with Crippen LogP contribution in [0.2, 0.25) is 0 Å². The molecule has 0 unspecified atom stereocenters. The van der Waals surface area contributed by atoms with Crippen molar-refractivity contribution < 1.29 is 14.6 Å². The molecule has 1 aromatic carbocycles. The van der Waals surface area contributed by atoms with E-state index in [1.165, 1.54) is 0 Å². The molecule has 0 aliphatic carbocycles. The fraction of sp³-hybridized carbons (Fsp3) is 0.389. The summed E-state index contributed by atoms with van der Waals surface area (Å²) in [6, 6.07) is 7.34. The smallest absolute Gasteiger partial charge is 0.270 e. The highest BCUT2D eigenvalue weighted by Gasteiger charge is 2.24. The quantitative estimate of drug-likeness (QED) is 0.695. The van der Waals surface area contributed by atoms with Crippen LogP contribution in [0, 0.1) is 0 Å². The molecule has 138 valence electrons. The Balaban J connectivity index is 1.88. The van der Waals surface area contributed by atoms with Crippen LogP contribution >= 0.6 is 0 Å². The second-order valence-electron chi connectivity index (χ2n) is 6.88. The molecule has 26 heavy (non-hydrogen) atoms. The van der Waals surface area contributed by atoms with Crippen LogP contribution in [-0.4, -0.2) is 42.7 Å². The summed E-state index contributed by atoms with van der Waals surface area (Å²) in [5.74, 6) is 0.347. The van der Waals surface area contributed by atoms with Gasteiger partial charge in [-0.1, -0.05) is 0 Å². The third kappa shape index (κ3) is 3.55. The van der Waals surface area contributed by atoms with Gasteiger partial charge in [0, 0.05) is 25.7 Å². The van der Waals surface area contributed by atoms with E-state index in [0.717, 1.165) is 5.69 Å². The fourth-order valence-corrected chi connectivity index (χ4v) is 2.64. The molecule has 3 aromatic rings. The Bertz CT molecular complexity index is 942. The number of ether oxygens (including phenoxy) is 1. The van der Waals surface area contributed by atoms with Gasteiger partial charge in [0.25, 0.3) is 5.91 Å². The van der Waals surface area contributed by atoms with Crippen LogP contribution in [0.5, 0.6) is 5.75 Å². The third-order valence-electron chi connectivity index (χ3n) is 4.18. The van der Waals surface area contributed by atoms with E-state index in [9.17, 15) is 9.90 Å². The lowest BCUT2D eigenvalue weighted by atomic mass is 10.1. The molecule has 1 amide bonds. The van der Waals surface area contributed by atoms with Gasteiger partial charge in [-0.15, -0.1) is 0 Å². The van der Waals surface area contributed by atoms with E-state index in [1.54, 1.807) is 42.5 Å². The van der Waals surface area contributed by atoms with Gasteiger partial charge in [-0.2, -0.15) is 10.2 Å². The number of hydrogen-bond donors (Lipinski definition) is 2. The Morgan fingerprint density at radius 2 is 2.04 bits per heavy atom. The molecule has 3 rings (SSSR count). The molecule has 0 saturated carbocycles. The highest BCUT2D eigenvalue weighted by molar-refractivity contribution is 6.05. The van der Waals surface area contributed by atoms with E-state index >= 15 is 0 Å². The minimum Gasteiger partial charge on any atom is -0.487 e. The number of hydrogen-bond acceptors (Lipinski definition) is 5. The predicted molar refractivity (Wildman–Crippen MR) is 96.9 cm³/mol. The standard InChI is InChI=1S/C18H23N5O3/c1-18(2,11-24)20-17(25)16-14-9-13(5-6-15(14)21-23(16)4)26-10-12-7-8-19-22(12)3/h5-9,24H,10-11H2,1-4H3,(H,20,25). The molecule has 0 atom stereocenters. The highest BCUT2D eigenvalue weighted by Crippen LogP contribution is 2.24. The SMILES string of the molecule is Cn1nccc1COc1ccc2nn(C)c(C(=O)NC(C)(C)CO)c2c1. The first-order valence-corrected chi connectivity index (χ1v) is 8.30. The first-order chi connectivity index (χ1) is 12.3. The van der Waals surface area contributed by atoms with E-state index < -0.39 is 5.54 Å². The molecule has 0 bridgehead atoms. The number of aromatic nitrogens is 4. The van der Waals surface area contributed by atoms with Crippen molar-refractivity contribution in [2.45, 2.75) is 26.0 Å². The third-order valence-corrected chi connectivity index (χ3v) is 4.18. The summed E-state index contributed by atoms with van der Waals surface area (Å²) in [5, 5.41) is 21.4. The zero-order valence-electron chi connectivity index (χ0n) is 15.4. The van der Waals surface area contributed by atoms with Gasteiger partial charge < -0.3 is 15.2 Å². The summed E-state index contributed by atoms with van der Waals surface area (Å²) in [6.07, 6.45) is 1.72. The number of carbonyl (C=O) groups is 1. The number of aliphatic hydroxyl groups excluding tert-OH is 1. The lowest BCUT2D eigenvalue weighted by molar-refractivity contribution is 0.0861. The van der Waals surface area contributed by atoms with Crippen molar-refractivity contribution in [3.05, 3.63) is 41.9 Å². The zero-order chi connectivity index (χ0) is 18.9. The van der Waals surface area contributed by atoms with Gasteiger partial charge in [-0.05, 0) is 38.1 Å². The number of aliphatic hydroxyl groups is 1. The molecule has 0 aliphatic rings. The van der Waals surface area contributed by atoms with E-state index in [2.05, 4.69) is 15.5 Å². The number of nitrogens with zero attached hydrogens (tertiary/aromatic N) is 4. The van der Waals surface area contributed by atoms with Gasteiger partial charge in [0.15, 0.2) is 0 Å². The summed E-state index contributed by atoms with van der Waals surface area (Å²) in [6.45, 7) is 3.73. The summed E-state index contributed by atoms with van der Waals surface area (Å²) < 4.78 is 9.12. The first-order valence-electron chi connectivity index (χ1n) is 8.30. The topological polar surface area (TPSA) is 94.2 Å². The van der Waals surface area contributed by atoms with Crippen molar-refractivity contribution in [2.24, 2.45) is 14.1 Å². The number of rotatable bonds is 6. The zero-order valence-corrected chi connectivity index (χ0v) is 15.4. The van der Waals surface area contributed by atoms with Crippen LogP contribution < -0.4 is 10.1 Å². The molecule has 0 spiro atoms. The average Bonchev–Trinajstić information content (AvgIpc) is 3.14. The Labute approximate surface area is 151 Å². The molecular weight excluding hydrogens is 334 g/mol. The van der Waals surface area contributed by atoms with Gasteiger partial charge in [-0.25, -0.2) is 0 Å². The minimum atomic E-state index is -0.721. The van der Waals surface area contributed by atoms with Crippen LogP contribution in [0.1, 0.15) is 30.0 Å². The van der Waals surface area contributed by atoms with Crippen LogP contribution in [-0.2, 0) is 20.7 Å². The number of carbonyl (C=O) groups excluding carboxylic acids is 1. The molecule has 2 N–H and O–H groups in total. The molecule has 8 nitrogen and oxygen atoms in total.